The average Bonchev–Trinajstić information content (AvgIpc) is 4.05. The van der Waals surface area contributed by atoms with Crippen molar-refractivity contribution >= 4 is 46.8 Å². The Morgan fingerprint density at radius 3 is 2.56 bits per heavy atom. The number of amides is 1. The van der Waals surface area contributed by atoms with Crippen LogP contribution in [0.4, 0.5) is 26.0 Å². The molecule has 0 unspecified atom stereocenters. The van der Waals surface area contributed by atoms with Crippen LogP contribution in [-0.4, -0.2) is 123 Å². The highest BCUT2D eigenvalue weighted by molar-refractivity contribution is 6.32. The minimum absolute atomic E-state index is 0.00889. The van der Waals surface area contributed by atoms with Crippen LogP contribution in [0.5, 0.6) is 5.88 Å². The smallest absolute Gasteiger partial charge is 0.264 e. The molecule has 17 heteroatoms. The number of halogens is 3. The van der Waals surface area contributed by atoms with Crippen molar-refractivity contribution in [1.29, 1.82) is 5.26 Å². The number of carbonyl (C=O) groups excluding carboxylic acids is 1. The molecule has 2 aromatic heterocycles. The second-order valence-corrected chi connectivity index (χ2v) is 21.4. The maximum atomic E-state index is 14.7. The summed E-state index contributed by atoms with van der Waals surface area (Å²) in [5.41, 5.74) is 6.97. The van der Waals surface area contributed by atoms with Gasteiger partial charge in [-0.25, -0.2) is 8.78 Å². The summed E-state index contributed by atoms with van der Waals surface area (Å²) in [6, 6.07) is 15.9. The lowest BCUT2D eigenvalue weighted by Crippen LogP contribution is -2.55. The molecule has 0 N–H and O–H groups in total. The molecule has 1 atom stereocenters. The molecule has 1 spiro atoms. The maximum absolute atomic E-state index is 14.7. The van der Waals surface area contributed by atoms with Crippen molar-refractivity contribution in [2.45, 2.75) is 96.6 Å². The fourth-order valence-corrected chi connectivity index (χ4v) is 12.7. The molecule has 6 aliphatic heterocycles. The van der Waals surface area contributed by atoms with Gasteiger partial charge in [0.25, 0.3) is 6.43 Å². The van der Waals surface area contributed by atoms with Crippen LogP contribution in [-0.2, 0) is 18.3 Å². The Hall–Kier alpha value is -5.92. The van der Waals surface area contributed by atoms with E-state index < -0.39 is 6.43 Å². The van der Waals surface area contributed by atoms with Crippen molar-refractivity contribution in [3.63, 3.8) is 0 Å². The van der Waals surface area contributed by atoms with Crippen LogP contribution < -0.4 is 19.4 Å². The number of carbonyl (C=O) groups is 1. The highest BCUT2D eigenvalue weighted by atomic mass is 35.5. The van der Waals surface area contributed by atoms with E-state index in [2.05, 4.69) is 58.8 Å². The number of piperidine rings is 1. The average molecular weight is 973 g/mol. The van der Waals surface area contributed by atoms with Gasteiger partial charge in [0.2, 0.25) is 23.3 Å². The first-order valence-corrected chi connectivity index (χ1v) is 25.6. The molecular formula is C53H62ClF2N12O2+. The molecule has 70 heavy (non-hydrogen) atoms. The normalized spacial score (nSPS) is 24.3. The van der Waals surface area contributed by atoms with Gasteiger partial charge in [-0.3, -0.25) is 14.4 Å². The molecule has 366 valence electrons. The van der Waals surface area contributed by atoms with Crippen LogP contribution in [0.25, 0.3) is 11.1 Å². The molecule has 1 aliphatic carbocycles. The van der Waals surface area contributed by atoms with Crippen molar-refractivity contribution in [1.82, 2.24) is 29.8 Å². The van der Waals surface area contributed by atoms with E-state index in [0.717, 1.165) is 137 Å². The summed E-state index contributed by atoms with van der Waals surface area (Å²) in [7, 11) is 1.79. The molecule has 4 fully saturated rings. The van der Waals surface area contributed by atoms with Crippen LogP contribution in [0.1, 0.15) is 94.8 Å². The number of rotatable bonds is 9. The standard InChI is InChI=1S/C53H62ClF2N12O2/c1-34-24-53(33-67(34)41-11-10-39(25-57)46(54)22-41)15-19-64(20-16-53)49-12-13-50(60-59-49)70-42-30-63(31-42)27-36-6-8-37(9-7-36)28-68-47-14-18-65(35(2)69)32-45(47)52(61-68)66-17-4-5-38-21-43(40-26-58-62(3)29-40)44(51(55)56)23-48(38)66/h10-13,21-23,26,28-29,34,36-37,42,51H,4-9,14-20,24,27,30-33H2,1-3H3/q+1/b68-28+/t34-,36?,37?/m0/s1. The number of aryl methyl sites for hydroxylation is 2. The third kappa shape index (κ3) is 9.15. The second-order valence-electron chi connectivity index (χ2n) is 21.0. The summed E-state index contributed by atoms with van der Waals surface area (Å²) in [5.74, 6) is 3.27. The molecule has 7 aliphatic rings. The Bertz CT molecular complexity index is 2780. The van der Waals surface area contributed by atoms with Crippen molar-refractivity contribution in [3.8, 4) is 23.1 Å². The van der Waals surface area contributed by atoms with E-state index in [4.69, 9.17) is 21.4 Å². The van der Waals surface area contributed by atoms with Crippen molar-refractivity contribution in [2.24, 2.45) is 29.4 Å². The lowest BCUT2D eigenvalue weighted by atomic mass is 9.77. The monoisotopic (exact) mass is 971 g/mol. The summed E-state index contributed by atoms with van der Waals surface area (Å²) in [5, 5.41) is 28.4. The number of likely N-dealkylation sites (tertiary alicyclic amines) is 1. The second kappa shape index (κ2) is 19.0. The zero-order valence-electron chi connectivity index (χ0n) is 40.4. The number of hydrogen-bond donors (Lipinski definition) is 0. The number of nitrogens with zero attached hydrogens (tertiary/aromatic N) is 12. The van der Waals surface area contributed by atoms with Gasteiger partial charge in [0.15, 0.2) is 12.0 Å². The predicted molar refractivity (Wildman–Crippen MR) is 267 cm³/mol. The van der Waals surface area contributed by atoms with E-state index >= 15 is 0 Å². The first kappa shape index (κ1) is 46.5. The Morgan fingerprint density at radius 1 is 1.04 bits per heavy atom. The van der Waals surface area contributed by atoms with E-state index in [1.807, 2.05) is 41.3 Å². The number of amidine groups is 1. The summed E-state index contributed by atoms with van der Waals surface area (Å²) < 4.78 is 39.5. The lowest BCUT2D eigenvalue weighted by Gasteiger charge is -2.41. The van der Waals surface area contributed by atoms with Crippen LogP contribution in [0.15, 0.2) is 71.2 Å². The van der Waals surface area contributed by atoms with Crippen LogP contribution >= 0.6 is 11.6 Å². The molecule has 8 heterocycles. The third-order valence-electron chi connectivity index (χ3n) is 16.3. The number of ether oxygens (including phenoxy) is 1. The topological polar surface area (TPSA) is 125 Å². The largest absolute Gasteiger partial charge is 0.471 e. The van der Waals surface area contributed by atoms with Crippen molar-refractivity contribution in [2.75, 3.05) is 73.6 Å². The molecule has 1 saturated carbocycles. The molecule has 2 aromatic carbocycles. The number of alkyl halides is 2. The van der Waals surface area contributed by atoms with Crippen LogP contribution in [0, 0.1) is 28.6 Å². The highest BCUT2D eigenvalue weighted by Gasteiger charge is 2.45. The Labute approximate surface area is 413 Å². The number of benzene rings is 2. The Morgan fingerprint density at radius 2 is 1.86 bits per heavy atom. The summed E-state index contributed by atoms with van der Waals surface area (Å²) in [6.07, 6.45) is 13.3. The third-order valence-corrected chi connectivity index (χ3v) is 16.6. The number of anilines is 3. The Balaban J connectivity index is 0.672. The summed E-state index contributed by atoms with van der Waals surface area (Å²) >= 11 is 6.40. The molecule has 0 radical (unpaired) electrons. The molecule has 4 aromatic rings. The van der Waals surface area contributed by atoms with Gasteiger partial charge < -0.3 is 24.3 Å². The van der Waals surface area contributed by atoms with E-state index in [1.54, 1.807) is 37.1 Å². The van der Waals surface area contributed by atoms with E-state index in [1.165, 1.54) is 0 Å². The molecule has 14 nitrogen and oxygen atoms in total. The minimum atomic E-state index is -2.65. The van der Waals surface area contributed by atoms with Gasteiger partial charge in [0, 0.05) is 118 Å². The van der Waals surface area contributed by atoms with Gasteiger partial charge in [-0.15, -0.1) is 10.2 Å². The fraction of sp³-hybridized carbons (Fsp3) is 0.528. The van der Waals surface area contributed by atoms with E-state index in [9.17, 15) is 18.8 Å². The van der Waals surface area contributed by atoms with Gasteiger partial charge in [0.05, 0.1) is 35.3 Å². The first-order valence-electron chi connectivity index (χ1n) is 25.3. The number of fused-ring (bicyclic) bond motifs is 1. The summed E-state index contributed by atoms with van der Waals surface area (Å²) in [4.78, 5) is 23.9. The van der Waals surface area contributed by atoms with Gasteiger partial charge in [-0.05, 0) is 124 Å². The Kier molecular flexibility index (Phi) is 12.6. The highest BCUT2D eigenvalue weighted by Crippen LogP contribution is 2.46. The van der Waals surface area contributed by atoms with Gasteiger partial charge >= 0.3 is 0 Å². The van der Waals surface area contributed by atoms with Crippen LogP contribution in [0.2, 0.25) is 5.02 Å². The zero-order valence-corrected chi connectivity index (χ0v) is 41.2. The van der Waals surface area contributed by atoms with Crippen LogP contribution in [0.3, 0.4) is 0 Å². The fourth-order valence-electron chi connectivity index (χ4n) is 12.5. The van der Waals surface area contributed by atoms with Gasteiger partial charge in [-0.1, -0.05) is 16.3 Å². The maximum Gasteiger partial charge on any atom is 0.264 e. The molecular weight excluding hydrogens is 910 g/mol. The number of aromatic nitrogens is 4. The van der Waals surface area contributed by atoms with E-state index in [0.29, 0.717) is 71.5 Å². The van der Waals surface area contributed by atoms with E-state index in [-0.39, 0.29) is 23.0 Å². The minimum Gasteiger partial charge on any atom is -0.471 e. The number of nitriles is 1. The zero-order chi connectivity index (χ0) is 48.3. The molecule has 3 saturated heterocycles. The van der Waals surface area contributed by atoms with Gasteiger partial charge in [0.1, 0.15) is 12.2 Å². The SMILES string of the molecule is CC(=O)N1CCC2=C(C1)C(N1CCCc3cc(-c4cnn(C)c4)c(C(F)F)cc31)=N/[N+]2=C/C1CCC(CN2CC(Oc3ccc(N4CCC5(CC4)C[C@H](C)N(c4ccc(C#N)c(Cl)c4)C5)nn3)C2)CC1. The molecule has 1 amide bonds. The van der Waals surface area contributed by atoms with Gasteiger partial charge in [-0.2, -0.15) is 10.4 Å². The quantitative estimate of drug-likeness (QED) is 0.151. The predicted octanol–water partition coefficient (Wildman–Crippen LogP) is 8.46. The summed E-state index contributed by atoms with van der Waals surface area (Å²) in [6.45, 7) is 11.3. The lowest BCUT2D eigenvalue weighted by molar-refractivity contribution is -0.479. The number of hydrogen-bond acceptors (Lipinski definition) is 11. The van der Waals surface area contributed by atoms with Crippen molar-refractivity contribution < 1.29 is 23.0 Å². The molecule has 0 bridgehead atoms. The molecule has 11 rings (SSSR count). The van der Waals surface area contributed by atoms with Crippen molar-refractivity contribution in [3.05, 3.63) is 87.8 Å². The first-order chi connectivity index (χ1) is 33.9. The number of hydrazone groups is 1.